The fourth-order valence-corrected chi connectivity index (χ4v) is 1.80. The highest BCUT2D eigenvalue weighted by Crippen LogP contribution is 2.20. The average Bonchev–Trinajstić information content (AvgIpc) is 2.21. The van der Waals surface area contributed by atoms with E-state index in [-0.39, 0.29) is 6.04 Å². The van der Waals surface area contributed by atoms with Gasteiger partial charge in [0, 0.05) is 6.20 Å². The van der Waals surface area contributed by atoms with E-state index in [1.807, 2.05) is 6.20 Å². The van der Waals surface area contributed by atoms with Crippen LogP contribution in [-0.4, -0.2) is 4.98 Å². The lowest BCUT2D eigenvalue weighted by molar-refractivity contribution is 0.482. The Kier molecular flexibility index (Phi) is 4.72. The molecule has 1 aromatic rings. The van der Waals surface area contributed by atoms with Crippen molar-refractivity contribution in [1.29, 1.82) is 0 Å². The monoisotopic (exact) mass is 207 g/mol. The van der Waals surface area contributed by atoms with Gasteiger partial charge in [-0.3, -0.25) is 16.3 Å². The van der Waals surface area contributed by atoms with Crippen molar-refractivity contribution in [3.63, 3.8) is 0 Å². The number of unbranched alkanes of at least 4 members (excludes halogenated alkanes) is 1. The fraction of sp³-hybridized carbons (Fsp3) is 0.583. The molecule has 0 saturated heterocycles. The minimum absolute atomic E-state index is 0.186. The molecule has 1 heterocycles. The van der Waals surface area contributed by atoms with Crippen molar-refractivity contribution >= 4 is 0 Å². The predicted octanol–water partition coefficient (Wildman–Crippen LogP) is 2.39. The Bertz CT molecular complexity index is 310. The highest BCUT2D eigenvalue weighted by Gasteiger charge is 2.12. The molecule has 0 amide bonds. The van der Waals surface area contributed by atoms with Gasteiger partial charge in [0.2, 0.25) is 0 Å². The lowest BCUT2D eigenvalue weighted by atomic mass is 10.0. The molecule has 0 spiro atoms. The van der Waals surface area contributed by atoms with E-state index in [0.29, 0.717) is 0 Å². The first-order valence-electron chi connectivity index (χ1n) is 5.58. The molecule has 3 heteroatoms. The smallest absolute Gasteiger partial charge is 0.0634 e. The third kappa shape index (κ3) is 3.29. The second-order valence-corrected chi connectivity index (χ2v) is 4.08. The number of nitrogens with one attached hydrogen (secondary N) is 1. The number of nitrogens with two attached hydrogens (primary N) is 1. The molecular weight excluding hydrogens is 186 g/mol. The molecule has 0 bridgehead atoms. The van der Waals surface area contributed by atoms with Crippen LogP contribution in [0.25, 0.3) is 0 Å². The standard InChI is InChI=1S/C12H21N3/c1-4-5-6-11(15-13)12-10(3)7-9(2)8-14-12/h7-8,11,15H,4-6,13H2,1-3H3. The Morgan fingerprint density at radius 2 is 2.20 bits per heavy atom. The van der Waals surface area contributed by atoms with E-state index in [1.54, 1.807) is 0 Å². The Balaban J connectivity index is 2.81. The normalized spacial score (nSPS) is 12.8. The van der Waals surface area contributed by atoms with Crippen LogP contribution >= 0.6 is 0 Å². The summed E-state index contributed by atoms with van der Waals surface area (Å²) in [6.45, 7) is 6.33. The van der Waals surface area contributed by atoms with E-state index in [2.05, 4.69) is 37.2 Å². The van der Waals surface area contributed by atoms with E-state index in [4.69, 9.17) is 5.84 Å². The van der Waals surface area contributed by atoms with Gasteiger partial charge in [-0.1, -0.05) is 25.8 Å². The first-order valence-corrected chi connectivity index (χ1v) is 5.58. The summed E-state index contributed by atoms with van der Waals surface area (Å²) in [5, 5.41) is 0. The van der Waals surface area contributed by atoms with Crippen LogP contribution in [0.5, 0.6) is 0 Å². The number of hydrazine groups is 1. The first kappa shape index (κ1) is 12.1. The Morgan fingerprint density at radius 3 is 2.73 bits per heavy atom. The summed E-state index contributed by atoms with van der Waals surface area (Å²) in [7, 11) is 0. The van der Waals surface area contributed by atoms with Gasteiger partial charge in [-0.2, -0.15) is 0 Å². The molecule has 0 aliphatic heterocycles. The molecule has 0 radical (unpaired) electrons. The Hall–Kier alpha value is -0.930. The van der Waals surface area contributed by atoms with Gasteiger partial charge in [0.25, 0.3) is 0 Å². The molecule has 15 heavy (non-hydrogen) atoms. The zero-order valence-corrected chi connectivity index (χ0v) is 9.88. The zero-order valence-electron chi connectivity index (χ0n) is 9.88. The van der Waals surface area contributed by atoms with Crippen molar-refractivity contribution in [1.82, 2.24) is 10.4 Å². The Morgan fingerprint density at radius 1 is 1.47 bits per heavy atom. The number of hydrogen-bond donors (Lipinski definition) is 2. The summed E-state index contributed by atoms with van der Waals surface area (Å²) < 4.78 is 0. The molecule has 1 aromatic heterocycles. The molecule has 3 nitrogen and oxygen atoms in total. The van der Waals surface area contributed by atoms with Gasteiger partial charge in [-0.25, -0.2) is 0 Å². The number of aromatic nitrogens is 1. The number of hydrogen-bond acceptors (Lipinski definition) is 3. The largest absolute Gasteiger partial charge is 0.271 e. The second-order valence-electron chi connectivity index (χ2n) is 4.08. The number of nitrogens with zero attached hydrogens (tertiary/aromatic N) is 1. The summed E-state index contributed by atoms with van der Waals surface area (Å²) in [6, 6.07) is 2.34. The molecule has 3 N–H and O–H groups in total. The summed E-state index contributed by atoms with van der Waals surface area (Å²) in [6.07, 6.45) is 5.30. The summed E-state index contributed by atoms with van der Waals surface area (Å²) in [5.41, 5.74) is 6.34. The third-order valence-electron chi connectivity index (χ3n) is 2.63. The molecule has 0 aliphatic carbocycles. The lowest BCUT2D eigenvalue weighted by Gasteiger charge is -2.17. The maximum Gasteiger partial charge on any atom is 0.0634 e. The molecule has 0 saturated carbocycles. The fourth-order valence-electron chi connectivity index (χ4n) is 1.80. The van der Waals surface area contributed by atoms with E-state index >= 15 is 0 Å². The quantitative estimate of drug-likeness (QED) is 0.576. The number of aryl methyl sites for hydroxylation is 2. The molecule has 1 atom stereocenters. The van der Waals surface area contributed by atoms with E-state index < -0.39 is 0 Å². The summed E-state index contributed by atoms with van der Waals surface area (Å²) in [5.74, 6) is 5.56. The van der Waals surface area contributed by atoms with Crippen molar-refractivity contribution in [3.8, 4) is 0 Å². The van der Waals surface area contributed by atoms with Gasteiger partial charge in [-0.15, -0.1) is 0 Å². The molecule has 0 fully saturated rings. The second kappa shape index (κ2) is 5.83. The molecule has 1 unspecified atom stereocenters. The van der Waals surface area contributed by atoms with E-state index in [1.165, 1.54) is 24.0 Å². The SMILES string of the molecule is CCCCC(NN)c1ncc(C)cc1C. The van der Waals surface area contributed by atoms with Crippen LogP contribution in [0.15, 0.2) is 12.3 Å². The maximum absolute atomic E-state index is 5.56. The molecule has 0 aromatic carbocycles. The summed E-state index contributed by atoms with van der Waals surface area (Å²) in [4.78, 5) is 4.46. The molecule has 1 rings (SSSR count). The highest BCUT2D eigenvalue weighted by atomic mass is 15.2. The van der Waals surface area contributed by atoms with Crippen molar-refractivity contribution < 1.29 is 0 Å². The van der Waals surface area contributed by atoms with Crippen molar-refractivity contribution in [2.24, 2.45) is 5.84 Å². The third-order valence-corrected chi connectivity index (χ3v) is 2.63. The van der Waals surface area contributed by atoms with Gasteiger partial charge in [0.05, 0.1) is 11.7 Å². The van der Waals surface area contributed by atoms with E-state index in [9.17, 15) is 0 Å². The highest BCUT2D eigenvalue weighted by molar-refractivity contribution is 5.25. The lowest BCUT2D eigenvalue weighted by Crippen LogP contribution is -2.29. The summed E-state index contributed by atoms with van der Waals surface area (Å²) >= 11 is 0. The van der Waals surface area contributed by atoms with Crippen LogP contribution in [0.3, 0.4) is 0 Å². The first-order chi connectivity index (χ1) is 7.19. The maximum atomic E-state index is 5.56. The Labute approximate surface area is 92.1 Å². The zero-order chi connectivity index (χ0) is 11.3. The van der Waals surface area contributed by atoms with Crippen LogP contribution in [-0.2, 0) is 0 Å². The molecule has 84 valence electrons. The van der Waals surface area contributed by atoms with Crippen molar-refractivity contribution in [2.45, 2.75) is 46.1 Å². The van der Waals surface area contributed by atoms with Crippen LogP contribution in [0, 0.1) is 13.8 Å². The molecular formula is C12H21N3. The van der Waals surface area contributed by atoms with Crippen LogP contribution in [0.4, 0.5) is 0 Å². The van der Waals surface area contributed by atoms with E-state index in [0.717, 1.165) is 12.1 Å². The predicted molar refractivity (Wildman–Crippen MR) is 63.3 cm³/mol. The van der Waals surface area contributed by atoms with Crippen LogP contribution in [0.1, 0.15) is 49.0 Å². The van der Waals surface area contributed by atoms with Gasteiger partial charge in [0.15, 0.2) is 0 Å². The number of pyridine rings is 1. The topological polar surface area (TPSA) is 50.9 Å². The minimum Gasteiger partial charge on any atom is -0.271 e. The number of rotatable bonds is 5. The van der Waals surface area contributed by atoms with Gasteiger partial charge in [0.1, 0.15) is 0 Å². The van der Waals surface area contributed by atoms with Gasteiger partial charge in [-0.05, 0) is 31.4 Å². The van der Waals surface area contributed by atoms with Crippen molar-refractivity contribution in [2.75, 3.05) is 0 Å². The minimum atomic E-state index is 0.186. The van der Waals surface area contributed by atoms with Crippen molar-refractivity contribution in [3.05, 3.63) is 29.1 Å². The van der Waals surface area contributed by atoms with Gasteiger partial charge >= 0.3 is 0 Å². The van der Waals surface area contributed by atoms with Crippen LogP contribution < -0.4 is 11.3 Å². The van der Waals surface area contributed by atoms with Crippen LogP contribution in [0.2, 0.25) is 0 Å². The molecule has 0 aliphatic rings. The average molecular weight is 207 g/mol. The van der Waals surface area contributed by atoms with Gasteiger partial charge < -0.3 is 0 Å².